The molecule has 0 saturated carbocycles. The first-order chi connectivity index (χ1) is 12.8. The van der Waals surface area contributed by atoms with Crippen molar-refractivity contribution < 1.29 is 14.1 Å². The second kappa shape index (κ2) is 7.25. The fourth-order valence-electron chi connectivity index (χ4n) is 2.62. The van der Waals surface area contributed by atoms with Crippen LogP contribution in [0.3, 0.4) is 0 Å². The van der Waals surface area contributed by atoms with E-state index in [1.165, 1.54) is 0 Å². The summed E-state index contributed by atoms with van der Waals surface area (Å²) < 4.78 is 11.1. The monoisotopic (exact) mass is 347 g/mol. The SMILES string of the molecule is O=C1NNC/C1=C/c1cc(-c2ccc(OCc3ccccc3)cc2)no1. The summed E-state index contributed by atoms with van der Waals surface area (Å²) in [4.78, 5) is 11.5. The topological polar surface area (TPSA) is 76.4 Å². The van der Waals surface area contributed by atoms with Crippen LogP contribution in [0.25, 0.3) is 17.3 Å². The summed E-state index contributed by atoms with van der Waals surface area (Å²) in [6, 6.07) is 19.5. The summed E-state index contributed by atoms with van der Waals surface area (Å²) in [5.74, 6) is 1.18. The van der Waals surface area contributed by atoms with Crippen LogP contribution < -0.4 is 15.6 Å². The fraction of sp³-hybridized carbons (Fsp3) is 0.100. The maximum absolute atomic E-state index is 11.5. The minimum absolute atomic E-state index is 0.150. The average molecular weight is 347 g/mol. The summed E-state index contributed by atoms with van der Waals surface area (Å²) in [5, 5.41) is 4.06. The molecule has 6 nitrogen and oxygen atoms in total. The lowest BCUT2D eigenvalue weighted by Crippen LogP contribution is -2.25. The van der Waals surface area contributed by atoms with E-state index < -0.39 is 0 Å². The Balaban J connectivity index is 1.43. The lowest BCUT2D eigenvalue weighted by Gasteiger charge is -2.06. The van der Waals surface area contributed by atoms with Gasteiger partial charge in [-0.2, -0.15) is 0 Å². The number of carbonyl (C=O) groups is 1. The van der Waals surface area contributed by atoms with Gasteiger partial charge in [0, 0.05) is 23.7 Å². The number of carbonyl (C=O) groups excluding carboxylic acids is 1. The molecule has 1 aromatic heterocycles. The predicted octanol–water partition coefficient (Wildman–Crippen LogP) is 2.94. The Morgan fingerprint density at radius 2 is 1.92 bits per heavy atom. The molecule has 0 aliphatic carbocycles. The van der Waals surface area contributed by atoms with Crippen molar-refractivity contribution >= 4 is 12.0 Å². The van der Waals surface area contributed by atoms with E-state index in [-0.39, 0.29) is 5.91 Å². The number of nitrogens with zero attached hydrogens (tertiary/aromatic N) is 1. The minimum Gasteiger partial charge on any atom is -0.489 e. The molecule has 130 valence electrons. The second-order valence-electron chi connectivity index (χ2n) is 5.89. The molecule has 1 amide bonds. The van der Waals surface area contributed by atoms with E-state index in [4.69, 9.17) is 9.26 Å². The van der Waals surface area contributed by atoms with Crippen molar-refractivity contribution in [3.05, 3.63) is 77.6 Å². The van der Waals surface area contributed by atoms with Gasteiger partial charge in [0.1, 0.15) is 18.1 Å². The van der Waals surface area contributed by atoms with E-state index in [9.17, 15) is 4.79 Å². The third-order valence-electron chi connectivity index (χ3n) is 4.02. The molecule has 4 rings (SSSR count). The van der Waals surface area contributed by atoms with E-state index >= 15 is 0 Å². The first-order valence-electron chi connectivity index (χ1n) is 8.25. The Kier molecular flexibility index (Phi) is 4.49. The minimum atomic E-state index is -0.150. The molecule has 2 N–H and O–H groups in total. The van der Waals surface area contributed by atoms with Crippen LogP contribution in [-0.4, -0.2) is 17.6 Å². The highest BCUT2D eigenvalue weighted by atomic mass is 16.5. The van der Waals surface area contributed by atoms with Gasteiger partial charge in [0.25, 0.3) is 5.91 Å². The Morgan fingerprint density at radius 3 is 2.65 bits per heavy atom. The summed E-state index contributed by atoms with van der Waals surface area (Å²) in [7, 11) is 0. The normalized spacial score (nSPS) is 15.2. The Hall–Kier alpha value is -3.38. The first-order valence-corrected chi connectivity index (χ1v) is 8.25. The quantitative estimate of drug-likeness (QED) is 0.694. The third kappa shape index (κ3) is 3.65. The maximum Gasteiger partial charge on any atom is 0.262 e. The number of hydrogen-bond acceptors (Lipinski definition) is 5. The Morgan fingerprint density at radius 1 is 1.12 bits per heavy atom. The molecule has 0 spiro atoms. The Labute approximate surface area is 150 Å². The molecule has 1 fully saturated rings. The highest BCUT2D eigenvalue weighted by molar-refractivity contribution is 5.99. The van der Waals surface area contributed by atoms with Crippen molar-refractivity contribution in [3.63, 3.8) is 0 Å². The molecule has 0 unspecified atom stereocenters. The highest BCUT2D eigenvalue weighted by Crippen LogP contribution is 2.23. The molecule has 0 atom stereocenters. The van der Waals surface area contributed by atoms with Crippen molar-refractivity contribution in [1.29, 1.82) is 0 Å². The molecular formula is C20H17N3O3. The van der Waals surface area contributed by atoms with Crippen LogP contribution >= 0.6 is 0 Å². The van der Waals surface area contributed by atoms with Gasteiger partial charge in [-0.25, -0.2) is 5.43 Å². The van der Waals surface area contributed by atoms with E-state index in [0.717, 1.165) is 16.9 Å². The number of amides is 1. The van der Waals surface area contributed by atoms with Crippen LogP contribution in [0.5, 0.6) is 5.75 Å². The molecular weight excluding hydrogens is 330 g/mol. The molecule has 3 aromatic rings. The molecule has 1 aliphatic heterocycles. The van der Waals surface area contributed by atoms with Crippen molar-refractivity contribution in [3.8, 4) is 17.0 Å². The van der Waals surface area contributed by atoms with Crippen LogP contribution in [0.1, 0.15) is 11.3 Å². The lowest BCUT2D eigenvalue weighted by atomic mass is 10.1. The van der Waals surface area contributed by atoms with E-state index in [1.54, 1.807) is 12.1 Å². The third-order valence-corrected chi connectivity index (χ3v) is 4.02. The van der Waals surface area contributed by atoms with Crippen molar-refractivity contribution in [2.24, 2.45) is 0 Å². The molecule has 2 aromatic carbocycles. The smallest absolute Gasteiger partial charge is 0.262 e. The molecule has 1 saturated heterocycles. The van der Waals surface area contributed by atoms with Gasteiger partial charge in [0.15, 0.2) is 5.76 Å². The number of hydrazine groups is 1. The van der Waals surface area contributed by atoms with E-state index in [2.05, 4.69) is 16.0 Å². The van der Waals surface area contributed by atoms with Crippen molar-refractivity contribution in [2.45, 2.75) is 6.61 Å². The largest absolute Gasteiger partial charge is 0.489 e. The zero-order valence-electron chi connectivity index (χ0n) is 13.9. The second-order valence-corrected chi connectivity index (χ2v) is 5.89. The standard InChI is InChI=1S/C20H17N3O3/c24-20-16(12-21-22-20)10-18-11-19(23-26-18)15-6-8-17(9-7-15)25-13-14-4-2-1-3-5-14/h1-11,21H,12-13H2,(H,22,24)/b16-10-. The van der Waals surface area contributed by atoms with Gasteiger partial charge in [-0.05, 0) is 35.9 Å². The van der Waals surface area contributed by atoms with Crippen LogP contribution in [0.4, 0.5) is 0 Å². The van der Waals surface area contributed by atoms with E-state index in [0.29, 0.717) is 30.2 Å². The number of ether oxygens (including phenoxy) is 1. The van der Waals surface area contributed by atoms with Gasteiger partial charge in [0.2, 0.25) is 0 Å². The van der Waals surface area contributed by atoms with Gasteiger partial charge in [-0.15, -0.1) is 0 Å². The predicted molar refractivity (Wildman–Crippen MR) is 96.8 cm³/mol. The first kappa shape index (κ1) is 16.1. The molecule has 26 heavy (non-hydrogen) atoms. The summed E-state index contributed by atoms with van der Waals surface area (Å²) >= 11 is 0. The summed E-state index contributed by atoms with van der Waals surface area (Å²) in [6.07, 6.45) is 1.68. The van der Waals surface area contributed by atoms with Crippen LogP contribution in [0.15, 0.2) is 70.8 Å². The molecule has 6 heteroatoms. The van der Waals surface area contributed by atoms with Crippen molar-refractivity contribution in [1.82, 2.24) is 16.0 Å². The van der Waals surface area contributed by atoms with Crippen LogP contribution in [-0.2, 0) is 11.4 Å². The highest BCUT2D eigenvalue weighted by Gasteiger charge is 2.16. The van der Waals surface area contributed by atoms with Gasteiger partial charge >= 0.3 is 0 Å². The van der Waals surface area contributed by atoms with Gasteiger partial charge in [0.05, 0.1) is 0 Å². The molecule has 0 radical (unpaired) electrons. The molecule has 0 bridgehead atoms. The van der Waals surface area contributed by atoms with Gasteiger partial charge < -0.3 is 9.26 Å². The number of rotatable bonds is 5. The van der Waals surface area contributed by atoms with Crippen LogP contribution in [0.2, 0.25) is 0 Å². The average Bonchev–Trinajstić information content (AvgIpc) is 3.31. The Bertz CT molecular complexity index is 930. The number of aromatic nitrogens is 1. The molecule has 2 heterocycles. The van der Waals surface area contributed by atoms with E-state index in [1.807, 2.05) is 54.6 Å². The maximum atomic E-state index is 11.5. The number of hydrogen-bond donors (Lipinski definition) is 2. The van der Waals surface area contributed by atoms with Crippen molar-refractivity contribution in [2.75, 3.05) is 6.54 Å². The van der Waals surface area contributed by atoms with Crippen LogP contribution in [0, 0.1) is 0 Å². The van der Waals surface area contributed by atoms with Gasteiger partial charge in [-0.1, -0.05) is 35.5 Å². The summed E-state index contributed by atoms with van der Waals surface area (Å²) in [5.41, 5.74) is 8.64. The lowest BCUT2D eigenvalue weighted by molar-refractivity contribution is -0.116. The molecule has 1 aliphatic rings. The fourth-order valence-corrected chi connectivity index (χ4v) is 2.62. The zero-order valence-corrected chi connectivity index (χ0v) is 13.9. The number of benzene rings is 2. The number of nitrogens with one attached hydrogen (secondary N) is 2. The van der Waals surface area contributed by atoms with Gasteiger partial charge in [-0.3, -0.25) is 10.2 Å². The zero-order chi connectivity index (χ0) is 17.8. The summed E-state index contributed by atoms with van der Waals surface area (Å²) in [6.45, 7) is 0.986.